The lowest BCUT2D eigenvalue weighted by Crippen LogP contribution is -2.33. The molecule has 0 amide bonds. The zero-order chi connectivity index (χ0) is 50.4. The van der Waals surface area contributed by atoms with Gasteiger partial charge in [-0.25, -0.2) is 0 Å². The standard InChI is InChI=1S/C74H46N2S/c1-3-20-48(21-4-1)73(49-22-5-2-6-23-49)61-32-12-8-27-59(61)70-63(73)34-19-38-68(70)75(50-42-40-47(41-43-50)52-28-17-30-58-56-26-10-16-39-69(56)77-72(52)58)51-44-45-54-53-24-7-11-31-60(53)74(65(54)46-51)62-33-13-15-37-67(62)76-66-36-14-9-25-55(66)57-29-18-35-64(74)71(57)76/h1-46H. The predicted molar refractivity (Wildman–Crippen MR) is 322 cm³/mol. The number of benzene rings is 12. The Hall–Kier alpha value is -9.54. The number of hydrogen-bond donors (Lipinski definition) is 0. The van der Waals surface area contributed by atoms with Crippen LogP contribution in [0.4, 0.5) is 17.1 Å². The number of fused-ring (bicyclic) bond motifs is 18. The maximum absolute atomic E-state index is 2.56. The zero-order valence-corrected chi connectivity index (χ0v) is 42.7. The Kier molecular flexibility index (Phi) is 8.88. The van der Waals surface area contributed by atoms with E-state index in [2.05, 4.69) is 289 Å². The summed E-state index contributed by atoms with van der Waals surface area (Å²) in [6.07, 6.45) is 0. The molecular weight excluding hydrogens is 949 g/mol. The Labute approximate surface area is 450 Å². The number of rotatable bonds is 6. The third-order valence-electron chi connectivity index (χ3n) is 17.5. The molecule has 3 heteroatoms. The van der Waals surface area contributed by atoms with Gasteiger partial charge in [0, 0.05) is 47.9 Å². The van der Waals surface area contributed by atoms with Crippen molar-refractivity contribution >= 4 is 70.4 Å². The summed E-state index contributed by atoms with van der Waals surface area (Å²) in [5, 5.41) is 5.17. The lowest BCUT2D eigenvalue weighted by Gasteiger charge is -2.40. The summed E-state index contributed by atoms with van der Waals surface area (Å²) in [7, 11) is 0. The Morgan fingerprint density at radius 3 is 1.70 bits per heavy atom. The maximum atomic E-state index is 2.56. The van der Waals surface area contributed by atoms with Gasteiger partial charge in [-0.1, -0.05) is 231 Å². The van der Waals surface area contributed by atoms with Gasteiger partial charge in [-0.15, -0.1) is 11.3 Å². The lowest BCUT2D eigenvalue weighted by molar-refractivity contribution is 0.748. The SMILES string of the molecule is c1ccc(C2(c3ccccc3)c3ccccc3-c3c(N(c4ccc(-c5cccc6c5sc5ccccc56)cc4)c4ccc5c(c4)C4(c6ccccc6-5)c5ccccc5-n5c6ccccc6c6cccc4c65)cccc32)cc1. The molecule has 1 spiro atoms. The maximum Gasteiger partial charge on any atom is 0.0755 e. The highest BCUT2D eigenvalue weighted by Crippen LogP contribution is 2.63. The van der Waals surface area contributed by atoms with Crippen molar-refractivity contribution in [3.63, 3.8) is 0 Å². The molecule has 12 aromatic carbocycles. The molecule has 17 rings (SSSR count). The Balaban J connectivity index is 0.952. The molecule has 3 aliphatic rings. The van der Waals surface area contributed by atoms with E-state index in [4.69, 9.17) is 0 Å². The molecule has 2 nitrogen and oxygen atoms in total. The summed E-state index contributed by atoms with van der Waals surface area (Å²) in [5.41, 5.74) is 23.7. The van der Waals surface area contributed by atoms with Crippen molar-refractivity contribution < 1.29 is 0 Å². The van der Waals surface area contributed by atoms with Gasteiger partial charge >= 0.3 is 0 Å². The van der Waals surface area contributed by atoms with Crippen LogP contribution in [0.1, 0.15) is 44.5 Å². The topological polar surface area (TPSA) is 8.17 Å². The fraction of sp³-hybridized carbons (Fsp3) is 0.0270. The van der Waals surface area contributed by atoms with Crippen molar-refractivity contribution in [2.75, 3.05) is 4.90 Å². The van der Waals surface area contributed by atoms with Gasteiger partial charge in [-0.05, 0) is 121 Å². The van der Waals surface area contributed by atoms with Crippen LogP contribution in [0.3, 0.4) is 0 Å². The quantitative estimate of drug-likeness (QED) is 0.161. The van der Waals surface area contributed by atoms with Crippen molar-refractivity contribution in [2.45, 2.75) is 10.8 Å². The van der Waals surface area contributed by atoms with Crippen LogP contribution in [-0.4, -0.2) is 4.57 Å². The van der Waals surface area contributed by atoms with Crippen LogP contribution >= 0.6 is 11.3 Å². The molecule has 3 heterocycles. The summed E-state index contributed by atoms with van der Waals surface area (Å²) < 4.78 is 5.17. The molecule has 0 fully saturated rings. The minimum atomic E-state index is -0.609. The molecular formula is C74H46N2S. The summed E-state index contributed by atoms with van der Waals surface area (Å²) in [6.45, 7) is 0. The average molecular weight is 995 g/mol. The fourth-order valence-corrected chi connectivity index (χ4v) is 15.8. The number of anilines is 3. The van der Waals surface area contributed by atoms with Gasteiger partial charge < -0.3 is 9.47 Å². The van der Waals surface area contributed by atoms with Gasteiger partial charge in [0.15, 0.2) is 0 Å². The number of para-hydroxylation sites is 3. The second-order valence-corrected chi connectivity index (χ2v) is 22.0. The van der Waals surface area contributed by atoms with E-state index in [0.29, 0.717) is 0 Å². The van der Waals surface area contributed by atoms with Crippen LogP contribution < -0.4 is 4.90 Å². The average Bonchev–Trinajstić information content (AvgIpc) is 4.39. The number of thiophene rings is 1. The lowest BCUT2D eigenvalue weighted by atomic mass is 9.65. The van der Waals surface area contributed by atoms with E-state index in [9.17, 15) is 0 Å². The van der Waals surface area contributed by atoms with Gasteiger partial charge in [-0.2, -0.15) is 0 Å². The third-order valence-corrected chi connectivity index (χ3v) is 18.7. The van der Waals surface area contributed by atoms with Crippen molar-refractivity contribution in [2.24, 2.45) is 0 Å². The fourth-order valence-electron chi connectivity index (χ4n) is 14.5. The minimum absolute atomic E-state index is 0.560. The molecule has 77 heavy (non-hydrogen) atoms. The highest BCUT2D eigenvalue weighted by Gasteiger charge is 2.52. The van der Waals surface area contributed by atoms with E-state index in [1.54, 1.807) is 0 Å². The molecule has 0 saturated heterocycles. The predicted octanol–water partition coefficient (Wildman–Crippen LogP) is 19.3. The Morgan fingerprint density at radius 2 is 0.896 bits per heavy atom. The van der Waals surface area contributed by atoms with Gasteiger partial charge in [-0.3, -0.25) is 0 Å². The summed E-state index contributed by atoms with van der Waals surface area (Å²) >= 11 is 1.89. The van der Waals surface area contributed by atoms with Crippen LogP contribution in [0.5, 0.6) is 0 Å². The van der Waals surface area contributed by atoms with E-state index in [1.165, 1.54) is 126 Å². The highest BCUT2D eigenvalue weighted by molar-refractivity contribution is 7.26. The van der Waals surface area contributed by atoms with Crippen LogP contribution in [0.2, 0.25) is 0 Å². The molecule has 14 aromatic rings. The summed E-state index contributed by atoms with van der Waals surface area (Å²) in [6, 6.07) is 105. The van der Waals surface area contributed by atoms with Gasteiger partial charge in [0.25, 0.3) is 0 Å². The first-order valence-corrected chi connectivity index (χ1v) is 27.6. The first kappa shape index (κ1) is 42.8. The second-order valence-electron chi connectivity index (χ2n) is 21.0. The summed E-state index contributed by atoms with van der Waals surface area (Å²) in [4.78, 5) is 2.56. The molecule has 2 aliphatic carbocycles. The number of hydrogen-bond acceptors (Lipinski definition) is 2. The zero-order valence-electron chi connectivity index (χ0n) is 41.9. The molecule has 0 N–H and O–H groups in total. The third kappa shape index (κ3) is 5.58. The van der Waals surface area contributed by atoms with Crippen LogP contribution in [-0.2, 0) is 10.8 Å². The van der Waals surface area contributed by atoms with E-state index < -0.39 is 10.8 Å². The van der Waals surface area contributed by atoms with Crippen molar-refractivity contribution in [3.05, 3.63) is 324 Å². The van der Waals surface area contributed by atoms with Crippen molar-refractivity contribution in [1.82, 2.24) is 4.57 Å². The molecule has 1 atom stereocenters. The first-order chi connectivity index (χ1) is 38.2. The van der Waals surface area contributed by atoms with Crippen molar-refractivity contribution in [3.8, 4) is 39.1 Å². The molecule has 0 bridgehead atoms. The van der Waals surface area contributed by atoms with Crippen molar-refractivity contribution in [1.29, 1.82) is 0 Å². The summed E-state index contributed by atoms with van der Waals surface area (Å²) in [5.74, 6) is 0. The van der Waals surface area contributed by atoms with E-state index in [1.807, 2.05) is 11.3 Å². The number of aromatic nitrogens is 1. The van der Waals surface area contributed by atoms with Crippen LogP contribution in [0.25, 0.3) is 81.0 Å². The second kappa shape index (κ2) is 16.0. The van der Waals surface area contributed by atoms with Crippen LogP contribution in [0.15, 0.2) is 279 Å². The smallest absolute Gasteiger partial charge is 0.0755 e. The molecule has 358 valence electrons. The molecule has 2 aromatic heterocycles. The minimum Gasteiger partial charge on any atom is -0.310 e. The highest BCUT2D eigenvalue weighted by atomic mass is 32.1. The van der Waals surface area contributed by atoms with Crippen LogP contribution in [0, 0.1) is 0 Å². The molecule has 0 radical (unpaired) electrons. The molecule has 1 aliphatic heterocycles. The van der Waals surface area contributed by atoms with Gasteiger partial charge in [0.1, 0.15) is 0 Å². The number of nitrogens with zero attached hydrogens (tertiary/aromatic N) is 2. The van der Waals surface area contributed by atoms with E-state index in [-0.39, 0.29) is 0 Å². The van der Waals surface area contributed by atoms with Gasteiger partial charge in [0.2, 0.25) is 0 Å². The van der Waals surface area contributed by atoms with E-state index >= 15 is 0 Å². The monoisotopic (exact) mass is 994 g/mol. The molecule has 1 unspecified atom stereocenters. The Morgan fingerprint density at radius 1 is 0.338 bits per heavy atom. The largest absolute Gasteiger partial charge is 0.310 e. The molecule has 0 saturated carbocycles. The Bertz CT molecular complexity index is 4710. The first-order valence-electron chi connectivity index (χ1n) is 26.7. The van der Waals surface area contributed by atoms with E-state index in [0.717, 1.165) is 17.1 Å². The van der Waals surface area contributed by atoms with Gasteiger partial charge in [0.05, 0.1) is 33.2 Å². The normalized spacial score (nSPS) is 15.2.